The minimum atomic E-state index is 0.160. The first-order valence-electron chi connectivity index (χ1n) is 21.7. The Morgan fingerprint density at radius 2 is 1.22 bits per heavy atom. The Kier molecular flexibility index (Phi) is 8.61. The van der Waals surface area contributed by atoms with Gasteiger partial charge in [0.25, 0.3) is 0 Å². The Bertz CT molecular complexity index is 2880. The van der Waals surface area contributed by atoms with E-state index in [1.807, 2.05) is 40.1 Å². The zero-order valence-corrected chi connectivity index (χ0v) is 35.5. The topological polar surface area (TPSA) is 96.9 Å². The molecule has 0 N–H and O–H groups in total. The number of fused-ring (bicyclic) bond motifs is 3. The summed E-state index contributed by atoms with van der Waals surface area (Å²) < 4.78 is 21.8. The maximum atomic E-state index is 5.77. The van der Waals surface area contributed by atoms with Crippen molar-refractivity contribution in [2.75, 3.05) is 13.2 Å². The van der Waals surface area contributed by atoms with E-state index < -0.39 is 0 Å². The summed E-state index contributed by atoms with van der Waals surface area (Å²) in [7, 11) is 0. The predicted molar refractivity (Wildman–Crippen MR) is 236 cm³/mol. The Hall–Kier alpha value is -5.80. The number of hydrogen-bond acceptors (Lipinski definition) is 7. The van der Waals surface area contributed by atoms with Crippen LogP contribution in [0.1, 0.15) is 73.1 Å². The maximum absolute atomic E-state index is 5.77. The quantitative estimate of drug-likeness (QED) is 0.143. The average molecular weight is 797 g/mol. The first kappa shape index (κ1) is 37.2. The fourth-order valence-corrected chi connectivity index (χ4v) is 11.1. The van der Waals surface area contributed by atoms with Crippen LogP contribution in [0.2, 0.25) is 0 Å². The molecular formula is C51H52N6O3. The molecule has 3 atom stereocenters. The number of ether oxygens (including phenoxy) is 1. The van der Waals surface area contributed by atoms with E-state index in [0.717, 1.165) is 101 Å². The Balaban J connectivity index is 0.894. The van der Waals surface area contributed by atoms with E-state index in [9.17, 15) is 0 Å². The second-order valence-electron chi connectivity index (χ2n) is 18.7. The van der Waals surface area contributed by atoms with Crippen LogP contribution in [0.4, 0.5) is 0 Å². The van der Waals surface area contributed by atoms with Gasteiger partial charge in [-0.05, 0) is 118 Å². The van der Waals surface area contributed by atoms with E-state index >= 15 is 0 Å². The van der Waals surface area contributed by atoms with Gasteiger partial charge in [0.15, 0.2) is 0 Å². The lowest BCUT2D eigenvalue weighted by atomic mass is 9.82. The first-order valence-corrected chi connectivity index (χ1v) is 21.7. The van der Waals surface area contributed by atoms with Crippen LogP contribution in [-0.2, 0) is 23.2 Å². The Morgan fingerprint density at radius 3 is 1.78 bits per heavy atom. The molecule has 3 aliphatic rings. The SMILES string of the molecule is Cc1ccc(-c2cn(CC3CC4CC4(c4ccc(-c5cn(CC6(C)CCOCC6)c6cc(-c7c(C)noc7C)cnc56)cc4)C3)c3cc(-c4c(C)noc4C)cnc23)cc1. The van der Waals surface area contributed by atoms with Crippen molar-refractivity contribution in [1.82, 2.24) is 29.4 Å². The smallest absolute Gasteiger partial charge is 0.141 e. The largest absolute Gasteiger partial charge is 0.381 e. The monoisotopic (exact) mass is 796 g/mol. The van der Waals surface area contributed by atoms with Crippen molar-refractivity contribution in [3.05, 3.63) is 119 Å². The number of rotatable bonds is 9. The third-order valence-electron chi connectivity index (χ3n) is 14.4. The number of nitrogens with zero attached hydrogens (tertiary/aromatic N) is 6. The third-order valence-corrected chi connectivity index (χ3v) is 14.4. The molecule has 3 fully saturated rings. The lowest BCUT2D eigenvalue weighted by Crippen LogP contribution is -2.30. The van der Waals surface area contributed by atoms with Crippen LogP contribution in [0.5, 0.6) is 0 Å². The molecule has 0 amide bonds. The van der Waals surface area contributed by atoms with Crippen LogP contribution in [0, 0.1) is 51.9 Å². The molecular weight excluding hydrogens is 745 g/mol. The molecule has 9 heteroatoms. The number of hydrogen-bond donors (Lipinski definition) is 0. The van der Waals surface area contributed by atoms with E-state index in [1.54, 1.807) is 0 Å². The van der Waals surface area contributed by atoms with Gasteiger partial charge >= 0.3 is 0 Å². The molecule has 0 spiro atoms. The molecule has 304 valence electrons. The van der Waals surface area contributed by atoms with Crippen LogP contribution in [0.3, 0.4) is 0 Å². The lowest BCUT2D eigenvalue weighted by Gasteiger charge is -2.34. The van der Waals surface area contributed by atoms with Gasteiger partial charge < -0.3 is 22.9 Å². The molecule has 8 aromatic rings. The summed E-state index contributed by atoms with van der Waals surface area (Å²) >= 11 is 0. The standard InChI is InChI=1S/C51H52N6O3/c1-30-7-9-36(10-8-30)42-27-56(44-20-38(24-52-48(42)44)46-31(2)54-59-33(46)4)26-35-19-41-23-51(41,22-35)40-13-11-37(12-14-40)43-28-57(29-50(6)15-17-58-18-16-50)45-21-39(25-53-49(43)45)47-32(3)55-60-34(47)5/h7-14,20-21,24-25,27-28,35,41H,15-19,22-23,26,29H2,1-6H3. The number of pyridine rings is 2. The van der Waals surface area contributed by atoms with Crippen molar-refractivity contribution in [3.8, 4) is 44.5 Å². The first-order chi connectivity index (χ1) is 29.1. The molecule has 60 heavy (non-hydrogen) atoms. The van der Waals surface area contributed by atoms with Crippen LogP contribution in [0.25, 0.3) is 66.6 Å². The molecule has 9 nitrogen and oxygen atoms in total. The van der Waals surface area contributed by atoms with Gasteiger partial charge in [0.2, 0.25) is 0 Å². The third kappa shape index (κ3) is 6.15. The number of benzene rings is 2. The molecule has 0 bridgehead atoms. The van der Waals surface area contributed by atoms with E-state index in [4.69, 9.17) is 23.8 Å². The molecule has 3 unspecified atom stereocenters. The van der Waals surface area contributed by atoms with E-state index in [-0.39, 0.29) is 10.8 Å². The number of aryl methyl sites for hydroxylation is 5. The van der Waals surface area contributed by atoms with E-state index in [1.165, 1.54) is 58.2 Å². The van der Waals surface area contributed by atoms with Crippen molar-refractivity contribution in [2.24, 2.45) is 17.3 Å². The second-order valence-corrected chi connectivity index (χ2v) is 18.7. The summed E-state index contributed by atoms with van der Waals surface area (Å²) in [5, 5.41) is 8.48. The average Bonchev–Trinajstić information content (AvgIpc) is 3.73. The van der Waals surface area contributed by atoms with Crippen molar-refractivity contribution in [3.63, 3.8) is 0 Å². The highest BCUT2D eigenvalue weighted by Crippen LogP contribution is 2.66. The van der Waals surface area contributed by atoms with Crippen LogP contribution < -0.4 is 0 Å². The fourth-order valence-electron chi connectivity index (χ4n) is 11.1. The molecule has 1 saturated heterocycles. The highest BCUT2D eigenvalue weighted by molar-refractivity contribution is 5.96. The second kappa shape index (κ2) is 13.9. The van der Waals surface area contributed by atoms with Crippen molar-refractivity contribution < 1.29 is 13.8 Å². The van der Waals surface area contributed by atoms with Gasteiger partial charge in [0.1, 0.15) is 11.5 Å². The zero-order chi connectivity index (χ0) is 40.9. The van der Waals surface area contributed by atoms with Gasteiger partial charge in [-0.3, -0.25) is 9.97 Å². The van der Waals surface area contributed by atoms with Gasteiger partial charge in [0, 0.05) is 84.5 Å². The summed E-state index contributed by atoms with van der Waals surface area (Å²) in [5.74, 6) is 2.93. The van der Waals surface area contributed by atoms with Crippen LogP contribution in [0.15, 0.2) is 94.5 Å². The molecule has 11 rings (SSSR count). The highest BCUT2D eigenvalue weighted by atomic mass is 16.5. The molecule has 7 heterocycles. The normalized spacial score (nSPS) is 21.0. The predicted octanol–water partition coefficient (Wildman–Crippen LogP) is 11.8. The maximum Gasteiger partial charge on any atom is 0.141 e. The number of aromatic nitrogens is 6. The van der Waals surface area contributed by atoms with Crippen molar-refractivity contribution in [1.29, 1.82) is 0 Å². The van der Waals surface area contributed by atoms with Crippen molar-refractivity contribution >= 4 is 22.1 Å². The van der Waals surface area contributed by atoms with E-state index in [0.29, 0.717) is 11.8 Å². The van der Waals surface area contributed by atoms with Gasteiger partial charge in [0.05, 0.1) is 33.5 Å². The minimum absolute atomic E-state index is 0.160. The molecule has 1 aliphatic heterocycles. The fraction of sp³-hybridized carbons (Fsp3) is 0.373. The molecule has 0 radical (unpaired) electrons. The Morgan fingerprint density at radius 1 is 0.667 bits per heavy atom. The van der Waals surface area contributed by atoms with Gasteiger partial charge in [-0.15, -0.1) is 0 Å². The molecule has 2 aliphatic carbocycles. The van der Waals surface area contributed by atoms with Gasteiger partial charge in [-0.1, -0.05) is 71.3 Å². The van der Waals surface area contributed by atoms with Crippen LogP contribution in [-0.4, -0.2) is 42.6 Å². The zero-order valence-electron chi connectivity index (χ0n) is 35.5. The molecule has 6 aromatic heterocycles. The van der Waals surface area contributed by atoms with Crippen molar-refractivity contribution in [2.45, 2.75) is 92.2 Å². The van der Waals surface area contributed by atoms with E-state index in [2.05, 4.69) is 106 Å². The summed E-state index contributed by atoms with van der Waals surface area (Å²) in [6, 6.07) is 22.9. The van der Waals surface area contributed by atoms with Crippen LogP contribution >= 0.6 is 0 Å². The van der Waals surface area contributed by atoms with Gasteiger partial charge in [-0.2, -0.15) is 0 Å². The highest BCUT2D eigenvalue weighted by Gasteiger charge is 2.60. The van der Waals surface area contributed by atoms with Gasteiger partial charge in [-0.25, -0.2) is 0 Å². The summed E-state index contributed by atoms with van der Waals surface area (Å²) in [6.07, 6.45) is 14.5. The Labute approximate surface area is 350 Å². The summed E-state index contributed by atoms with van der Waals surface area (Å²) in [6.45, 7) is 16.0. The summed E-state index contributed by atoms with van der Waals surface area (Å²) in [4.78, 5) is 10.2. The minimum Gasteiger partial charge on any atom is -0.381 e. The molecule has 2 aromatic carbocycles. The summed E-state index contributed by atoms with van der Waals surface area (Å²) in [5.41, 5.74) is 18.3. The lowest BCUT2D eigenvalue weighted by molar-refractivity contribution is 0.0161. The molecule has 2 saturated carbocycles.